The third kappa shape index (κ3) is 3.47. The zero-order valence-corrected chi connectivity index (χ0v) is 14.0. The first-order valence-electron chi connectivity index (χ1n) is 9.32. The molecule has 0 amide bonds. The number of hydrogen-bond acceptors (Lipinski definition) is 3. The van der Waals surface area contributed by atoms with Crippen LogP contribution in [-0.4, -0.2) is 40.9 Å². The summed E-state index contributed by atoms with van der Waals surface area (Å²) in [7, 11) is 0. The lowest BCUT2D eigenvalue weighted by Gasteiger charge is -2.52. The van der Waals surface area contributed by atoms with E-state index in [4.69, 9.17) is 4.74 Å². The molecule has 3 aliphatic rings. The molecular formula is C20H29NO2. The van der Waals surface area contributed by atoms with Crippen LogP contribution in [0.25, 0.3) is 0 Å². The van der Waals surface area contributed by atoms with Crippen molar-refractivity contribution in [2.75, 3.05) is 13.2 Å². The molecule has 3 fully saturated rings. The van der Waals surface area contributed by atoms with E-state index in [-0.39, 0.29) is 0 Å². The Balaban J connectivity index is 1.45. The van der Waals surface area contributed by atoms with Gasteiger partial charge in [-0.1, -0.05) is 56.0 Å². The third-order valence-electron chi connectivity index (χ3n) is 6.14. The van der Waals surface area contributed by atoms with Gasteiger partial charge in [-0.2, -0.15) is 0 Å². The maximum Gasteiger partial charge on any atom is 0.0682 e. The smallest absolute Gasteiger partial charge is 0.0682 e. The van der Waals surface area contributed by atoms with Crippen molar-refractivity contribution in [1.82, 2.24) is 4.90 Å². The fourth-order valence-corrected chi connectivity index (χ4v) is 5.11. The fraction of sp³-hybridized carbons (Fsp3) is 0.700. The number of ether oxygens (including phenoxy) is 1. The van der Waals surface area contributed by atoms with Crippen LogP contribution in [0, 0.1) is 5.92 Å². The van der Waals surface area contributed by atoms with Gasteiger partial charge < -0.3 is 9.84 Å². The van der Waals surface area contributed by atoms with Crippen LogP contribution in [0.3, 0.4) is 0 Å². The zero-order valence-electron chi connectivity index (χ0n) is 14.0. The van der Waals surface area contributed by atoms with Gasteiger partial charge in [-0.15, -0.1) is 0 Å². The Morgan fingerprint density at radius 2 is 1.70 bits per heavy atom. The Kier molecular flexibility index (Phi) is 4.44. The molecule has 0 radical (unpaired) electrons. The maximum atomic E-state index is 11.2. The molecule has 3 nitrogen and oxygen atoms in total. The van der Waals surface area contributed by atoms with E-state index in [1.54, 1.807) is 0 Å². The van der Waals surface area contributed by atoms with Crippen molar-refractivity contribution in [3.8, 4) is 0 Å². The van der Waals surface area contributed by atoms with Crippen LogP contribution in [0.4, 0.5) is 0 Å². The van der Waals surface area contributed by atoms with Crippen LogP contribution in [0.5, 0.6) is 0 Å². The normalized spacial score (nSPS) is 35.5. The van der Waals surface area contributed by atoms with Gasteiger partial charge in [0.1, 0.15) is 0 Å². The highest BCUT2D eigenvalue weighted by Crippen LogP contribution is 2.42. The van der Waals surface area contributed by atoms with Gasteiger partial charge in [0, 0.05) is 18.6 Å². The average Bonchev–Trinajstić information content (AvgIpc) is 3.02. The number of aliphatic hydroxyl groups is 1. The fourth-order valence-electron chi connectivity index (χ4n) is 5.11. The maximum absolute atomic E-state index is 11.2. The lowest BCUT2D eigenvalue weighted by atomic mass is 9.75. The van der Waals surface area contributed by atoms with E-state index in [2.05, 4.69) is 35.2 Å². The molecule has 1 aromatic carbocycles. The third-order valence-corrected chi connectivity index (χ3v) is 6.14. The molecule has 1 saturated carbocycles. The Bertz CT molecular complexity index is 498. The summed E-state index contributed by atoms with van der Waals surface area (Å²) in [6.07, 6.45) is 8.14. The van der Waals surface area contributed by atoms with Gasteiger partial charge in [-0.3, -0.25) is 4.90 Å². The molecular weight excluding hydrogens is 286 g/mol. The first-order chi connectivity index (χ1) is 11.2. The molecule has 2 heterocycles. The van der Waals surface area contributed by atoms with Gasteiger partial charge >= 0.3 is 0 Å². The number of fused-ring (bicyclic) bond motifs is 2. The summed E-state index contributed by atoms with van der Waals surface area (Å²) in [6, 6.07) is 11.4. The highest BCUT2D eigenvalue weighted by molar-refractivity contribution is 5.15. The molecule has 3 heteroatoms. The molecule has 2 atom stereocenters. The first kappa shape index (κ1) is 15.6. The standard InChI is InChI=1S/C20H29NO2/c22-20(10-16-6-4-5-7-16)11-18-14-23-15-19(12-20)21(18)13-17-8-2-1-3-9-17/h1-3,8-9,16,18-19,22H,4-7,10-15H2. The highest BCUT2D eigenvalue weighted by atomic mass is 16.5. The molecule has 4 rings (SSSR count). The highest BCUT2D eigenvalue weighted by Gasteiger charge is 2.46. The SMILES string of the molecule is OC1(CC2CCCC2)CC2COCC(C1)N2Cc1ccccc1. The molecule has 2 aliphatic heterocycles. The summed E-state index contributed by atoms with van der Waals surface area (Å²) in [5.74, 6) is 0.752. The lowest BCUT2D eigenvalue weighted by Crippen LogP contribution is -2.61. The molecule has 2 unspecified atom stereocenters. The van der Waals surface area contributed by atoms with Gasteiger partial charge in [0.25, 0.3) is 0 Å². The molecule has 1 aromatic rings. The predicted molar refractivity (Wildman–Crippen MR) is 91.1 cm³/mol. The average molecular weight is 315 g/mol. The number of benzene rings is 1. The van der Waals surface area contributed by atoms with E-state index in [9.17, 15) is 5.11 Å². The summed E-state index contributed by atoms with van der Waals surface area (Å²) in [4.78, 5) is 2.59. The molecule has 1 aliphatic carbocycles. The minimum Gasteiger partial charge on any atom is -0.390 e. The van der Waals surface area contributed by atoms with Crippen molar-refractivity contribution >= 4 is 0 Å². The number of rotatable bonds is 4. The summed E-state index contributed by atoms with van der Waals surface area (Å²) in [5, 5.41) is 11.2. The Morgan fingerprint density at radius 3 is 2.35 bits per heavy atom. The molecule has 0 spiro atoms. The Labute approximate surface area is 139 Å². The minimum atomic E-state index is -0.457. The van der Waals surface area contributed by atoms with Gasteiger partial charge in [0.05, 0.1) is 18.8 Å². The van der Waals surface area contributed by atoms with Crippen molar-refractivity contribution in [3.05, 3.63) is 35.9 Å². The molecule has 23 heavy (non-hydrogen) atoms. The van der Waals surface area contributed by atoms with Crippen LogP contribution in [0.15, 0.2) is 30.3 Å². The minimum absolute atomic E-state index is 0.370. The second kappa shape index (κ2) is 6.54. The Morgan fingerprint density at radius 1 is 1.04 bits per heavy atom. The largest absolute Gasteiger partial charge is 0.390 e. The van der Waals surface area contributed by atoms with Crippen molar-refractivity contribution in [1.29, 1.82) is 0 Å². The van der Waals surface area contributed by atoms with E-state index >= 15 is 0 Å². The van der Waals surface area contributed by atoms with Crippen LogP contribution in [0.1, 0.15) is 50.5 Å². The van der Waals surface area contributed by atoms with Crippen molar-refractivity contribution in [2.24, 2.45) is 5.92 Å². The van der Waals surface area contributed by atoms with Crippen molar-refractivity contribution in [2.45, 2.75) is 69.2 Å². The lowest BCUT2D eigenvalue weighted by molar-refractivity contribution is -0.151. The molecule has 126 valence electrons. The second-order valence-electron chi connectivity index (χ2n) is 7.99. The Hall–Kier alpha value is -0.900. The number of morpholine rings is 1. The van der Waals surface area contributed by atoms with Gasteiger partial charge in [0.2, 0.25) is 0 Å². The molecule has 1 N–H and O–H groups in total. The van der Waals surface area contributed by atoms with Crippen LogP contribution in [-0.2, 0) is 11.3 Å². The second-order valence-corrected chi connectivity index (χ2v) is 7.99. The predicted octanol–water partition coefficient (Wildman–Crippen LogP) is 3.36. The van der Waals surface area contributed by atoms with E-state index in [0.717, 1.165) is 44.9 Å². The summed E-state index contributed by atoms with van der Waals surface area (Å²) in [6.45, 7) is 2.53. The van der Waals surface area contributed by atoms with Crippen LogP contribution in [0.2, 0.25) is 0 Å². The van der Waals surface area contributed by atoms with Gasteiger partial charge in [0.15, 0.2) is 0 Å². The van der Waals surface area contributed by atoms with E-state index in [0.29, 0.717) is 12.1 Å². The number of nitrogens with zero attached hydrogens (tertiary/aromatic N) is 1. The van der Waals surface area contributed by atoms with Crippen molar-refractivity contribution in [3.63, 3.8) is 0 Å². The summed E-state index contributed by atoms with van der Waals surface area (Å²) < 4.78 is 5.81. The van der Waals surface area contributed by atoms with Crippen molar-refractivity contribution < 1.29 is 9.84 Å². The molecule has 2 saturated heterocycles. The van der Waals surface area contributed by atoms with Crippen LogP contribution < -0.4 is 0 Å². The first-order valence-corrected chi connectivity index (χ1v) is 9.32. The molecule has 0 aromatic heterocycles. The van der Waals surface area contributed by atoms with E-state index in [1.807, 2.05) is 0 Å². The summed E-state index contributed by atoms with van der Waals surface area (Å²) >= 11 is 0. The number of hydrogen-bond donors (Lipinski definition) is 1. The summed E-state index contributed by atoms with van der Waals surface area (Å²) in [5.41, 5.74) is 0.909. The van der Waals surface area contributed by atoms with Gasteiger partial charge in [-0.25, -0.2) is 0 Å². The van der Waals surface area contributed by atoms with E-state index < -0.39 is 5.60 Å². The molecule has 2 bridgehead atoms. The van der Waals surface area contributed by atoms with E-state index in [1.165, 1.54) is 31.2 Å². The van der Waals surface area contributed by atoms with Crippen LogP contribution >= 0.6 is 0 Å². The topological polar surface area (TPSA) is 32.7 Å². The van der Waals surface area contributed by atoms with Gasteiger partial charge in [-0.05, 0) is 30.7 Å². The number of piperidine rings is 1. The quantitative estimate of drug-likeness (QED) is 0.925. The zero-order chi connectivity index (χ0) is 15.7. The monoisotopic (exact) mass is 315 g/mol.